The molecule has 1 fully saturated rings. The van der Waals surface area contributed by atoms with E-state index in [1.54, 1.807) is 13.0 Å². The van der Waals surface area contributed by atoms with E-state index in [9.17, 15) is 12.8 Å². The summed E-state index contributed by atoms with van der Waals surface area (Å²) in [5.41, 5.74) is -0.810. The lowest BCUT2D eigenvalue weighted by atomic mass is 9.94. The van der Waals surface area contributed by atoms with E-state index < -0.39 is 21.7 Å². The monoisotopic (exact) mass is 309 g/mol. The van der Waals surface area contributed by atoms with Gasteiger partial charge in [-0.15, -0.1) is 0 Å². The van der Waals surface area contributed by atoms with Crippen LogP contribution in [0.4, 0.5) is 4.39 Å². The van der Waals surface area contributed by atoms with E-state index in [-0.39, 0.29) is 12.2 Å². The van der Waals surface area contributed by atoms with Crippen LogP contribution in [0.25, 0.3) is 0 Å². The first-order valence-corrected chi connectivity index (χ1v) is 6.66. The molecule has 0 saturated carbocycles. The van der Waals surface area contributed by atoms with Crippen LogP contribution in [0.15, 0.2) is 22.7 Å². The summed E-state index contributed by atoms with van der Waals surface area (Å²) in [6.07, 6.45) is 0. The van der Waals surface area contributed by atoms with Gasteiger partial charge in [0.05, 0.1) is 12.1 Å². The first kappa shape index (κ1) is 12.0. The van der Waals surface area contributed by atoms with Gasteiger partial charge in [-0.3, -0.25) is 4.18 Å². The largest absolute Gasteiger partial charge is 0.336 e. The number of halogens is 2. The molecule has 1 aromatic rings. The van der Waals surface area contributed by atoms with E-state index in [4.69, 9.17) is 0 Å². The quantitative estimate of drug-likeness (QED) is 0.858. The molecule has 1 aromatic carbocycles. The van der Waals surface area contributed by atoms with Crippen LogP contribution in [0, 0.1) is 5.82 Å². The van der Waals surface area contributed by atoms with Gasteiger partial charge < -0.3 is 0 Å². The van der Waals surface area contributed by atoms with Crippen molar-refractivity contribution < 1.29 is 17.0 Å². The lowest BCUT2D eigenvalue weighted by Gasteiger charge is -2.21. The fraction of sp³-hybridized carbons (Fsp3) is 0.333. The third-order valence-electron chi connectivity index (χ3n) is 2.38. The first-order valence-electron chi connectivity index (χ1n) is 4.46. The Hall–Kier alpha value is -0.500. The lowest BCUT2D eigenvalue weighted by molar-refractivity contribution is 0.281. The topological polar surface area (TPSA) is 55.4 Å². The third kappa shape index (κ3) is 2.13. The SMILES string of the molecule is CC1(c2cc(Br)ccc2F)COS(=O)(=O)N1. The molecule has 4 nitrogen and oxygen atoms in total. The number of hydrogen-bond donors (Lipinski definition) is 1. The van der Waals surface area contributed by atoms with Gasteiger partial charge in [-0.25, -0.2) is 4.39 Å². The van der Waals surface area contributed by atoms with Crippen LogP contribution >= 0.6 is 15.9 Å². The molecule has 0 aliphatic carbocycles. The fourth-order valence-electron chi connectivity index (χ4n) is 1.58. The second-order valence-corrected chi connectivity index (χ2v) is 6.04. The van der Waals surface area contributed by atoms with Gasteiger partial charge in [0.25, 0.3) is 0 Å². The summed E-state index contributed by atoms with van der Waals surface area (Å²) in [7, 11) is -3.76. The molecule has 2 rings (SSSR count). The zero-order chi connectivity index (χ0) is 12.0. The van der Waals surface area contributed by atoms with E-state index in [0.29, 0.717) is 4.47 Å². The van der Waals surface area contributed by atoms with Crippen LogP contribution in [0.5, 0.6) is 0 Å². The minimum Gasteiger partial charge on any atom is -0.256 e. The highest BCUT2D eigenvalue weighted by Crippen LogP contribution is 2.31. The number of hydrogen-bond acceptors (Lipinski definition) is 3. The summed E-state index contributed by atoms with van der Waals surface area (Å²) >= 11 is 3.21. The Morgan fingerprint density at radius 2 is 2.25 bits per heavy atom. The average molecular weight is 310 g/mol. The molecule has 1 unspecified atom stereocenters. The van der Waals surface area contributed by atoms with Crippen LogP contribution in [-0.4, -0.2) is 15.0 Å². The van der Waals surface area contributed by atoms with Crippen molar-refractivity contribution in [2.45, 2.75) is 12.5 Å². The lowest BCUT2D eigenvalue weighted by Crippen LogP contribution is -2.38. The Bertz CT molecular complexity index is 534. The van der Waals surface area contributed by atoms with Crippen LogP contribution in [0.1, 0.15) is 12.5 Å². The van der Waals surface area contributed by atoms with Crippen molar-refractivity contribution >= 4 is 26.2 Å². The minimum atomic E-state index is -3.76. The molecule has 1 aliphatic heterocycles. The second-order valence-electron chi connectivity index (χ2n) is 3.77. The van der Waals surface area contributed by atoms with E-state index in [1.165, 1.54) is 12.1 Å². The maximum Gasteiger partial charge on any atom is 0.336 e. The second kappa shape index (κ2) is 3.76. The molecule has 1 aliphatic rings. The van der Waals surface area contributed by atoms with E-state index >= 15 is 0 Å². The maximum absolute atomic E-state index is 13.6. The van der Waals surface area contributed by atoms with Crippen molar-refractivity contribution in [3.05, 3.63) is 34.1 Å². The van der Waals surface area contributed by atoms with Gasteiger partial charge in [-0.2, -0.15) is 13.1 Å². The molecule has 1 atom stereocenters. The van der Waals surface area contributed by atoms with Crippen molar-refractivity contribution in [2.75, 3.05) is 6.61 Å². The summed E-state index contributed by atoms with van der Waals surface area (Å²) in [6, 6.07) is 4.36. The predicted octanol–water partition coefficient (Wildman–Crippen LogP) is 1.67. The van der Waals surface area contributed by atoms with Crippen molar-refractivity contribution in [3.63, 3.8) is 0 Å². The standard InChI is InChI=1S/C9H9BrFNO3S/c1-9(5-15-16(13,14)12-9)7-4-6(10)2-3-8(7)11/h2-4,12H,5H2,1H3. The molecule has 7 heteroatoms. The molecule has 1 heterocycles. The van der Waals surface area contributed by atoms with E-state index in [1.807, 2.05) is 0 Å². The number of nitrogens with one attached hydrogen (secondary N) is 1. The third-order valence-corrected chi connectivity index (χ3v) is 4.00. The maximum atomic E-state index is 13.6. The smallest absolute Gasteiger partial charge is 0.256 e. The molecule has 1 saturated heterocycles. The van der Waals surface area contributed by atoms with Crippen molar-refractivity contribution in [3.8, 4) is 0 Å². The Morgan fingerprint density at radius 3 is 2.81 bits per heavy atom. The fourth-order valence-corrected chi connectivity index (χ4v) is 3.11. The van der Waals surface area contributed by atoms with Gasteiger partial charge in [0.2, 0.25) is 0 Å². The summed E-state index contributed by atoms with van der Waals surface area (Å²) in [5.74, 6) is -0.473. The molecule has 0 amide bonds. The molecule has 1 N–H and O–H groups in total. The highest BCUT2D eigenvalue weighted by molar-refractivity contribution is 9.10. The summed E-state index contributed by atoms with van der Waals surface area (Å²) in [4.78, 5) is 0. The van der Waals surface area contributed by atoms with Crippen molar-refractivity contribution in [2.24, 2.45) is 0 Å². The summed E-state index contributed by atoms with van der Waals surface area (Å²) < 4.78 is 43.4. The molecule has 0 spiro atoms. The number of rotatable bonds is 1. The Morgan fingerprint density at radius 1 is 1.56 bits per heavy atom. The number of benzene rings is 1. The van der Waals surface area contributed by atoms with Crippen LogP contribution in [0.2, 0.25) is 0 Å². The van der Waals surface area contributed by atoms with Crippen molar-refractivity contribution in [1.29, 1.82) is 0 Å². The van der Waals surface area contributed by atoms with Crippen LogP contribution in [0.3, 0.4) is 0 Å². The Labute approximate surface area is 101 Å². The molecule has 0 radical (unpaired) electrons. The van der Waals surface area contributed by atoms with Gasteiger partial charge in [0.15, 0.2) is 0 Å². The Balaban J connectivity index is 2.49. The van der Waals surface area contributed by atoms with E-state index in [2.05, 4.69) is 24.8 Å². The highest BCUT2D eigenvalue weighted by Gasteiger charge is 2.41. The molecule has 16 heavy (non-hydrogen) atoms. The summed E-state index contributed by atoms with van der Waals surface area (Å²) in [5, 5.41) is 0. The average Bonchev–Trinajstić information content (AvgIpc) is 2.46. The zero-order valence-electron chi connectivity index (χ0n) is 8.33. The highest BCUT2D eigenvalue weighted by atomic mass is 79.9. The molecule has 0 aromatic heterocycles. The van der Waals surface area contributed by atoms with Crippen LogP contribution in [-0.2, 0) is 20.0 Å². The van der Waals surface area contributed by atoms with Gasteiger partial charge in [0, 0.05) is 10.0 Å². The van der Waals surface area contributed by atoms with Gasteiger partial charge in [-0.1, -0.05) is 15.9 Å². The van der Waals surface area contributed by atoms with Gasteiger partial charge in [-0.05, 0) is 25.1 Å². The van der Waals surface area contributed by atoms with Crippen LogP contribution < -0.4 is 4.72 Å². The molecule has 88 valence electrons. The molecular formula is C9H9BrFNO3S. The molecular weight excluding hydrogens is 301 g/mol. The predicted molar refractivity (Wildman–Crippen MR) is 59.5 cm³/mol. The van der Waals surface area contributed by atoms with Gasteiger partial charge in [0.1, 0.15) is 5.82 Å². The normalized spacial score (nSPS) is 28.2. The van der Waals surface area contributed by atoms with Gasteiger partial charge >= 0.3 is 10.3 Å². The Kier molecular flexibility index (Phi) is 2.82. The molecule has 0 bridgehead atoms. The minimum absolute atomic E-state index is 0.122. The summed E-state index contributed by atoms with van der Waals surface area (Å²) in [6.45, 7) is 1.45. The first-order chi connectivity index (χ1) is 7.32. The van der Waals surface area contributed by atoms with Crippen molar-refractivity contribution in [1.82, 2.24) is 4.72 Å². The zero-order valence-corrected chi connectivity index (χ0v) is 10.7. The van der Waals surface area contributed by atoms with E-state index in [0.717, 1.165) is 0 Å².